The molecule has 1 saturated heterocycles. The van der Waals surface area contributed by atoms with Crippen LogP contribution in [0.25, 0.3) is 0 Å². The van der Waals surface area contributed by atoms with Gasteiger partial charge in [0, 0.05) is 44.6 Å². The number of amides is 1. The lowest BCUT2D eigenvalue weighted by Gasteiger charge is -2.34. The summed E-state index contributed by atoms with van der Waals surface area (Å²) in [7, 11) is 0. The summed E-state index contributed by atoms with van der Waals surface area (Å²) in [6, 6.07) is 6.13. The molecule has 0 unspecified atom stereocenters. The third kappa shape index (κ3) is 3.29. The van der Waals surface area contributed by atoms with E-state index in [0.29, 0.717) is 24.8 Å². The number of carbonyl (C=O) groups is 1. The maximum Gasteiger partial charge on any atom is 0.272 e. The van der Waals surface area contributed by atoms with Crippen LogP contribution < -0.4 is 10.2 Å². The number of hydrogen-bond donors (Lipinski definition) is 1. The Morgan fingerprint density at radius 1 is 1.04 bits per heavy atom. The molecule has 0 bridgehead atoms. The molecular weight excluding hydrogens is 304 g/mol. The Kier molecular flexibility index (Phi) is 3.98. The monoisotopic (exact) mass is 324 g/mol. The number of anilines is 2. The van der Waals surface area contributed by atoms with Gasteiger partial charge in [-0.1, -0.05) is 0 Å². The van der Waals surface area contributed by atoms with Crippen molar-refractivity contribution < 1.29 is 4.79 Å². The van der Waals surface area contributed by atoms with Gasteiger partial charge in [0.05, 0.1) is 11.9 Å². The molecule has 1 aliphatic heterocycles. The van der Waals surface area contributed by atoms with Crippen LogP contribution in [-0.4, -0.2) is 58.0 Å². The molecule has 124 valence electrons. The lowest BCUT2D eigenvalue weighted by Crippen LogP contribution is -2.49. The predicted molar refractivity (Wildman–Crippen MR) is 91.0 cm³/mol. The van der Waals surface area contributed by atoms with Crippen molar-refractivity contribution in [3.05, 3.63) is 42.5 Å². The minimum atomic E-state index is -0.0124. The van der Waals surface area contributed by atoms with Crippen molar-refractivity contribution in [3.8, 4) is 0 Å². The van der Waals surface area contributed by atoms with E-state index in [0.717, 1.165) is 24.7 Å². The van der Waals surface area contributed by atoms with E-state index in [2.05, 4.69) is 25.2 Å². The smallest absolute Gasteiger partial charge is 0.272 e. The van der Waals surface area contributed by atoms with Crippen molar-refractivity contribution in [1.29, 1.82) is 0 Å². The molecule has 24 heavy (non-hydrogen) atoms. The molecule has 0 spiro atoms. The Hall–Kier alpha value is -2.70. The number of rotatable bonds is 4. The highest BCUT2D eigenvalue weighted by Gasteiger charge is 2.24. The maximum atomic E-state index is 12.6. The topological polar surface area (TPSA) is 74.2 Å². The van der Waals surface area contributed by atoms with Gasteiger partial charge in [-0.2, -0.15) is 0 Å². The number of pyridine rings is 1. The van der Waals surface area contributed by atoms with Gasteiger partial charge in [-0.15, -0.1) is 0 Å². The molecule has 0 radical (unpaired) electrons. The molecule has 7 nitrogen and oxygen atoms in total. The second-order valence-electron chi connectivity index (χ2n) is 6.18. The molecule has 1 N–H and O–H groups in total. The fraction of sp³-hybridized carbons (Fsp3) is 0.412. The van der Waals surface area contributed by atoms with Gasteiger partial charge in [-0.25, -0.2) is 15.0 Å². The zero-order valence-corrected chi connectivity index (χ0v) is 13.4. The molecule has 1 amide bonds. The van der Waals surface area contributed by atoms with Crippen molar-refractivity contribution >= 4 is 17.5 Å². The molecule has 2 aromatic heterocycles. The minimum Gasteiger partial charge on any atom is -0.381 e. The Morgan fingerprint density at radius 3 is 2.42 bits per heavy atom. The van der Waals surface area contributed by atoms with Crippen LogP contribution >= 0.6 is 0 Å². The molecular formula is C17H20N6O. The number of nitrogens with one attached hydrogen (secondary N) is 1. The van der Waals surface area contributed by atoms with Crippen molar-refractivity contribution in [3.63, 3.8) is 0 Å². The van der Waals surface area contributed by atoms with Crippen molar-refractivity contribution in [2.24, 2.45) is 0 Å². The second-order valence-corrected chi connectivity index (χ2v) is 6.18. The first kappa shape index (κ1) is 14.9. The molecule has 7 heteroatoms. The summed E-state index contributed by atoms with van der Waals surface area (Å²) in [5.74, 6) is 0.708. The van der Waals surface area contributed by atoms with Gasteiger partial charge in [-0.3, -0.25) is 4.79 Å². The molecule has 2 aliphatic rings. The lowest BCUT2D eigenvalue weighted by molar-refractivity contribution is 0.0740. The lowest BCUT2D eigenvalue weighted by atomic mass is 10.2. The molecule has 2 aromatic rings. The van der Waals surface area contributed by atoms with Crippen LogP contribution in [0.1, 0.15) is 23.3 Å². The normalized spacial score (nSPS) is 17.7. The van der Waals surface area contributed by atoms with Crippen LogP contribution in [0.2, 0.25) is 0 Å². The first-order valence-electron chi connectivity index (χ1n) is 8.33. The molecule has 2 fully saturated rings. The molecule has 4 rings (SSSR count). The summed E-state index contributed by atoms with van der Waals surface area (Å²) in [6.45, 7) is 2.77. The summed E-state index contributed by atoms with van der Waals surface area (Å²) in [5, 5.41) is 3.38. The highest BCUT2D eigenvalue weighted by molar-refractivity contribution is 5.92. The number of nitrogens with zero attached hydrogens (tertiary/aromatic N) is 5. The van der Waals surface area contributed by atoms with Crippen molar-refractivity contribution in [2.45, 2.75) is 18.9 Å². The highest BCUT2D eigenvalue weighted by atomic mass is 16.2. The predicted octanol–water partition coefficient (Wildman–Crippen LogP) is 1.41. The average molecular weight is 324 g/mol. The summed E-state index contributed by atoms with van der Waals surface area (Å²) in [6.07, 6.45) is 7.66. The first-order chi connectivity index (χ1) is 11.8. The maximum absolute atomic E-state index is 12.6. The largest absolute Gasteiger partial charge is 0.381 e. The van der Waals surface area contributed by atoms with E-state index < -0.39 is 0 Å². The van der Waals surface area contributed by atoms with Crippen molar-refractivity contribution in [1.82, 2.24) is 19.9 Å². The number of hydrogen-bond acceptors (Lipinski definition) is 6. The summed E-state index contributed by atoms with van der Waals surface area (Å²) >= 11 is 0. The molecule has 1 saturated carbocycles. The van der Waals surface area contributed by atoms with Gasteiger partial charge in [0.1, 0.15) is 5.69 Å². The van der Waals surface area contributed by atoms with E-state index in [1.54, 1.807) is 30.7 Å². The Balaban J connectivity index is 1.35. The van der Waals surface area contributed by atoms with Gasteiger partial charge in [0.2, 0.25) is 5.95 Å². The van der Waals surface area contributed by atoms with Crippen LogP contribution in [0.15, 0.2) is 36.8 Å². The standard InChI is InChI=1S/C17H20N6O/c24-16(15-5-4-14(12-20-15)21-13-2-3-13)22-8-10-23(11-9-22)17-18-6-1-7-19-17/h1,4-7,12-13,21H,2-3,8-11H2. The zero-order valence-electron chi connectivity index (χ0n) is 13.4. The van der Waals surface area contributed by atoms with Crippen LogP contribution in [0.5, 0.6) is 0 Å². The van der Waals surface area contributed by atoms with E-state index in [-0.39, 0.29) is 5.91 Å². The van der Waals surface area contributed by atoms with E-state index in [1.807, 2.05) is 11.0 Å². The van der Waals surface area contributed by atoms with Gasteiger partial charge in [0.25, 0.3) is 5.91 Å². The van der Waals surface area contributed by atoms with Crippen LogP contribution in [-0.2, 0) is 0 Å². The van der Waals surface area contributed by atoms with Crippen molar-refractivity contribution in [2.75, 3.05) is 36.4 Å². The molecule has 1 aliphatic carbocycles. The fourth-order valence-electron chi connectivity index (χ4n) is 2.80. The Labute approximate surface area is 140 Å². The number of aromatic nitrogens is 3. The Morgan fingerprint density at radius 2 is 1.79 bits per heavy atom. The van der Waals surface area contributed by atoms with E-state index in [4.69, 9.17) is 0 Å². The Bertz CT molecular complexity index is 693. The first-order valence-corrected chi connectivity index (χ1v) is 8.33. The summed E-state index contributed by atoms with van der Waals surface area (Å²) in [4.78, 5) is 29.4. The van der Waals surface area contributed by atoms with E-state index in [9.17, 15) is 4.79 Å². The van der Waals surface area contributed by atoms with Crippen LogP contribution in [0.4, 0.5) is 11.6 Å². The van der Waals surface area contributed by atoms with E-state index in [1.165, 1.54) is 12.8 Å². The fourth-order valence-corrected chi connectivity index (χ4v) is 2.80. The quantitative estimate of drug-likeness (QED) is 0.916. The number of piperazine rings is 1. The summed E-state index contributed by atoms with van der Waals surface area (Å²) in [5.41, 5.74) is 1.49. The minimum absolute atomic E-state index is 0.0124. The third-order valence-corrected chi connectivity index (χ3v) is 4.33. The number of carbonyl (C=O) groups excluding carboxylic acids is 1. The van der Waals surface area contributed by atoms with Crippen LogP contribution in [0, 0.1) is 0 Å². The van der Waals surface area contributed by atoms with Crippen LogP contribution in [0.3, 0.4) is 0 Å². The zero-order chi connectivity index (χ0) is 16.4. The molecule has 3 heterocycles. The van der Waals surface area contributed by atoms with Gasteiger partial charge >= 0.3 is 0 Å². The molecule has 0 atom stereocenters. The third-order valence-electron chi connectivity index (χ3n) is 4.33. The molecule has 0 aromatic carbocycles. The van der Waals surface area contributed by atoms with Gasteiger partial charge < -0.3 is 15.1 Å². The van der Waals surface area contributed by atoms with Gasteiger partial charge in [-0.05, 0) is 31.0 Å². The SMILES string of the molecule is O=C(c1ccc(NC2CC2)cn1)N1CCN(c2ncccn2)CC1. The second kappa shape index (κ2) is 6.43. The van der Waals surface area contributed by atoms with Gasteiger partial charge in [0.15, 0.2) is 0 Å². The highest BCUT2D eigenvalue weighted by Crippen LogP contribution is 2.24. The average Bonchev–Trinajstić information content (AvgIpc) is 3.47. The summed E-state index contributed by atoms with van der Waals surface area (Å²) < 4.78 is 0. The van der Waals surface area contributed by atoms with E-state index >= 15 is 0 Å².